The van der Waals surface area contributed by atoms with E-state index in [4.69, 9.17) is 9.57 Å². The number of hydrogen-bond donors (Lipinski definition) is 0. The van der Waals surface area contributed by atoms with Crippen molar-refractivity contribution in [3.63, 3.8) is 0 Å². The number of fused-ring (bicyclic) bond motifs is 4. The standard InChI is InChI=1S/C23H28N2O2/c1-15-20-14-25-11-10-16-8-9-17(18-6-4-5-7-23(18)26-3)12-19(16)22(25)13-21(20)24(2)27-15/h4-9,12,15,20-22H,10-11,13-14H2,1-3H3/t15-,20-,21-,22-/m0/s1. The van der Waals surface area contributed by atoms with Crippen molar-refractivity contribution < 1.29 is 9.57 Å². The summed E-state index contributed by atoms with van der Waals surface area (Å²) in [5, 5.41) is 2.12. The second kappa shape index (κ2) is 6.62. The second-order valence-electron chi connectivity index (χ2n) is 8.20. The summed E-state index contributed by atoms with van der Waals surface area (Å²) in [5.41, 5.74) is 5.42. The third-order valence-corrected chi connectivity index (χ3v) is 6.84. The summed E-state index contributed by atoms with van der Waals surface area (Å²) in [4.78, 5) is 8.70. The van der Waals surface area contributed by atoms with E-state index in [-0.39, 0.29) is 0 Å². The summed E-state index contributed by atoms with van der Waals surface area (Å²) in [6.07, 6.45) is 2.61. The monoisotopic (exact) mass is 364 g/mol. The summed E-state index contributed by atoms with van der Waals surface area (Å²) in [6, 6.07) is 16.3. The van der Waals surface area contributed by atoms with E-state index < -0.39 is 0 Å². The number of ether oxygens (including phenoxy) is 1. The molecule has 0 aliphatic carbocycles. The van der Waals surface area contributed by atoms with E-state index >= 15 is 0 Å². The Morgan fingerprint density at radius 1 is 1.15 bits per heavy atom. The van der Waals surface area contributed by atoms with Crippen molar-refractivity contribution in [2.24, 2.45) is 5.92 Å². The Kier molecular flexibility index (Phi) is 4.23. The van der Waals surface area contributed by atoms with Crippen LogP contribution in [0.1, 0.15) is 30.5 Å². The van der Waals surface area contributed by atoms with Crippen LogP contribution in [0.5, 0.6) is 5.75 Å². The summed E-state index contributed by atoms with van der Waals surface area (Å²) >= 11 is 0. The average Bonchev–Trinajstić information content (AvgIpc) is 2.99. The molecule has 3 aliphatic rings. The van der Waals surface area contributed by atoms with E-state index in [1.165, 1.54) is 22.3 Å². The van der Waals surface area contributed by atoms with Crippen LogP contribution in [0.2, 0.25) is 0 Å². The van der Waals surface area contributed by atoms with Crippen LogP contribution in [0, 0.1) is 5.92 Å². The molecule has 4 atom stereocenters. The molecule has 0 spiro atoms. The zero-order valence-corrected chi connectivity index (χ0v) is 16.4. The van der Waals surface area contributed by atoms with Crippen molar-refractivity contribution in [2.75, 3.05) is 27.2 Å². The van der Waals surface area contributed by atoms with Gasteiger partial charge < -0.3 is 4.74 Å². The van der Waals surface area contributed by atoms with E-state index in [9.17, 15) is 0 Å². The first-order chi connectivity index (χ1) is 13.2. The van der Waals surface area contributed by atoms with Crippen LogP contribution >= 0.6 is 0 Å². The van der Waals surface area contributed by atoms with Gasteiger partial charge in [0.2, 0.25) is 0 Å². The fourth-order valence-electron chi connectivity index (χ4n) is 5.39. The Labute approximate surface area is 161 Å². The lowest BCUT2D eigenvalue weighted by atomic mass is 9.79. The Hall–Kier alpha value is -1.88. The Morgan fingerprint density at radius 2 is 2.00 bits per heavy atom. The van der Waals surface area contributed by atoms with Crippen molar-refractivity contribution in [1.29, 1.82) is 0 Å². The van der Waals surface area contributed by atoms with Crippen LogP contribution in [-0.4, -0.2) is 49.4 Å². The number of piperidine rings is 1. The Morgan fingerprint density at radius 3 is 2.85 bits per heavy atom. The predicted octanol–water partition coefficient (Wildman–Crippen LogP) is 3.92. The van der Waals surface area contributed by atoms with Gasteiger partial charge in [-0.15, -0.1) is 0 Å². The molecule has 0 amide bonds. The topological polar surface area (TPSA) is 24.9 Å². The maximum atomic E-state index is 6.02. The fourth-order valence-corrected chi connectivity index (χ4v) is 5.39. The molecule has 2 aromatic rings. The van der Waals surface area contributed by atoms with Crippen LogP contribution in [0.4, 0.5) is 0 Å². The lowest BCUT2D eigenvalue weighted by Crippen LogP contribution is -2.50. The summed E-state index contributed by atoms with van der Waals surface area (Å²) in [6.45, 7) is 4.52. The van der Waals surface area contributed by atoms with Gasteiger partial charge in [-0.3, -0.25) is 9.74 Å². The number of hydrogen-bond acceptors (Lipinski definition) is 4. The highest BCUT2D eigenvalue weighted by atomic mass is 16.7. The molecule has 0 aromatic heterocycles. The van der Waals surface area contributed by atoms with Crippen molar-refractivity contribution in [3.8, 4) is 16.9 Å². The highest BCUT2D eigenvalue weighted by molar-refractivity contribution is 5.71. The van der Waals surface area contributed by atoms with E-state index in [0.29, 0.717) is 24.1 Å². The molecule has 142 valence electrons. The molecule has 0 N–H and O–H groups in total. The zero-order chi connectivity index (χ0) is 18.5. The van der Waals surface area contributed by atoms with Gasteiger partial charge in [0.25, 0.3) is 0 Å². The van der Waals surface area contributed by atoms with Crippen LogP contribution in [0.25, 0.3) is 11.1 Å². The maximum absolute atomic E-state index is 6.02. The van der Waals surface area contributed by atoms with Gasteiger partial charge in [-0.25, -0.2) is 0 Å². The number of hydroxylamine groups is 2. The lowest BCUT2D eigenvalue weighted by molar-refractivity contribution is -0.140. The molecule has 3 heterocycles. The molecule has 0 bridgehead atoms. The Bertz CT molecular complexity index is 852. The highest BCUT2D eigenvalue weighted by Gasteiger charge is 2.47. The molecule has 5 rings (SSSR count). The molecular weight excluding hydrogens is 336 g/mol. The molecule has 0 saturated carbocycles. The number of nitrogens with zero attached hydrogens (tertiary/aromatic N) is 2. The van der Waals surface area contributed by atoms with Crippen LogP contribution in [-0.2, 0) is 11.3 Å². The van der Waals surface area contributed by atoms with Gasteiger partial charge in [0.15, 0.2) is 0 Å². The van der Waals surface area contributed by atoms with Gasteiger partial charge in [0, 0.05) is 43.7 Å². The number of benzene rings is 2. The van der Waals surface area contributed by atoms with Gasteiger partial charge >= 0.3 is 0 Å². The molecule has 4 heteroatoms. The molecule has 4 nitrogen and oxygen atoms in total. The smallest absolute Gasteiger partial charge is 0.126 e. The van der Waals surface area contributed by atoms with E-state index in [2.05, 4.69) is 54.3 Å². The molecule has 2 aromatic carbocycles. The van der Waals surface area contributed by atoms with E-state index in [1.807, 2.05) is 12.1 Å². The SMILES string of the molecule is COc1ccccc1-c1ccc2c(c1)[C@@H]1C[C@H]3[C@@H](CN1CC2)[C@H](C)ON3C. The number of methoxy groups -OCH3 is 1. The predicted molar refractivity (Wildman–Crippen MR) is 107 cm³/mol. The molecule has 2 saturated heterocycles. The summed E-state index contributed by atoms with van der Waals surface area (Å²) in [5.74, 6) is 1.55. The zero-order valence-electron chi connectivity index (χ0n) is 16.4. The maximum Gasteiger partial charge on any atom is 0.126 e. The Balaban J connectivity index is 1.52. The molecule has 3 aliphatic heterocycles. The van der Waals surface area contributed by atoms with Crippen molar-refractivity contribution in [2.45, 2.75) is 38.0 Å². The largest absolute Gasteiger partial charge is 0.496 e. The second-order valence-corrected chi connectivity index (χ2v) is 8.20. The minimum Gasteiger partial charge on any atom is -0.496 e. The van der Waals surface area contributed by atoms with Gasteiger partial charge in [-0.1, -0.05) is 30.3 Å². The third kappa shape index (κ3) is 2.78. The lowest BCUT2D eigenvalue weighted by Gasteiger charge is -2.46. The quantitative estimate of drug-likeness (QED) is 0.806. The third-order valence-electron chi connectivity index (χ3n) is 6.84. The first-order valence-corrected chi connectivity index (χ1v) is 10.1. The van der Waals surface area contributed by atoms with E-state index in [0.717, 1.165) is 31.7 Å². The van der Waals surface area contributed by atoms with Crippen molar-refractivity contribution in [1.82, 2.24) is 9.96 Å². The molecule has 27 heavy (non-hydrogen) atoms. The minimum absolute atomic E-state index is 0.322. The minimum atomic E-state index is 0.322. The van der Waals surface area contributed by atoms with Crippen molar-refractivity contribution >= 4 is 0 Å². The first kappa shape index (κ1) is 17.2. The molecule has 0 radical (unpaired) electrons. The van der Waals surface area contributed by atoms with Crippen LogP contribution in [0.15, 0.2) is 42.5 Å². The number of rotatable bonds is 2. The summed E-state index contributed by atoms with van der Waals surface area (Å²) in [7, 11) is 3.85. The van der Waals surface area contributed by atoms with Gasteiger partial charge in [0.1, 0.15) is 5.75 Å². The van der Waals surface area contributed by atoms with E-state index in [1.54, 1.807) is 7.11 Å². The normalized spacial score (nSPS) is 30.5. The number of para-hydroxylation sites is 1. The van der Waals surface area contributed by atoms with Gasteiger partial charge in [-0.2, -0.15) is 5.06 Å². The van der Waals surface area contributed by atoms with Gasteiger partial charge in [0.05, 0.1) is 13.2 Å². The average molecular weight is 364 g/mol. The van der Waals surface area contributed by atoms with Gasteiger partial charge in [-0.05, 0) is 48.6 Å². The first-order valence-electron chi connectivity index (χ1n) is 10.1. The highest BCUT2D eigenvalue weighted by Crippen LogP contribution is 2.45. The van der Waals surface area contributed by atoms with Crippen LogP contribution < -0.4 is 4.74 Å². The molecular formula is C23H28N2O2. The van der Waals surface area contributed by atoms with Crippen LogP contribution in [0.3, 0.4) is 0 Å². The summed E-state index contributed by atoms with van der Waals surface area (Å²) < 4.78 is 5.60. The molecule has 2 fully saturated rings. The van der Waals surface area contributed by atoms with Crippen molar-refractivity contribution in [3.05, 3.63) is 53.6 Å². The molecule has 0 unspecified atom stereocenters. The fraction of sp³-hybridized carbons (Fsp3) is 0.478.